The van der Waals surface area contributed by atoms with E-state index in [0.717, 1.165) is 0 Å². The monoisotopic (exact) mass is 330 g/mol. The molecule has 24 heavy (non-hydrogen) atoms. The summed E-state index contributed by atoms with van der Waals surface area (Å²) in [5, 5.41) is 22.7. The molecule has 1 saturated heterocycles. The zero-order valence-electron chi connectivity index (χ0n) is 13.4. The third kappa shape index (κ3) is 4.30. The highest BCUT2D eigenvalue weighted by Crippen LogP contribution is 2.17. The number of nitriles is 1. The van der Waals surface area contributed by atoms with Crippen LogP contribution in [0.15, 0.2) is 36.0 Å². The number of hydrogen-bond acceptors (Lipinski definition) is 6. The fourth-order valence-corrected chi connectivity index (χ4v) is 2.49. The molecule has 1 aliphatic rings. The second kappa shape index (κ2) is 7.57. The maximum Gasteiger partial charge on any atom is 0.269 e. The van der Waals surface area contributed by atoms with Gasteiger partial charge in [0.25, 0.3) is 11.6 Å². The number of nitro benzene ring substituents is 1. The summed E-state index contributed by atoms with van der Waals surface area (Å²) in [5.41, 5.74) is 0.483. The van der Waals surface area contributed by atoms with Crippen molar-refractivity contribution in [3.63, 3.8) is 0 Å². The summed E-state index contributed by atoms with van der Waals surface area (Å²) < 4.78 is 5.57. The molecule has 0 spiro atoms. The minimum absolute atomic E-state index is 0.0302. The SMILES string of the molecule is CC1CN(C(=O)/C(C#N)=C\Nc2ccc([N+](=O)[O-])cc2)CC(C)O1. The van der Waals surface area contributed by atoms with Gasteiger partial charge in [0.1, 0.15) is 11.6 Å². The Morgan fingerprint density at radius 1 is 1.38 bits per heavy atom. The highest BCUT2D eigenvalue weighted by molar-refractivity contribution is 5.97. The number of rotatable bonds is 4. The molecule has 0 aliphatic carbocycles. The van der Waals surface area contributed by atoms with Gasteiger partial charge in [-0.05, 0) is 26.0 Å². The Balaban J connectivity index is 2.07. The molecule has 1 N–H and O–H groups in total. The van der Waals surface area contributed by atoms with Gasteiger partial charge in [-0.25, -0.2) is 0 Å². The second-order valence-electron chi connectivity index (χ2n) is 5.59. The van der Waals surface area contributed by atoms with Gasteiger partial charge < -0.3 is 15.0 Å². The van der Waals surface area contributed by atoms with Crippen LogP contribution in [0.4, 0.5) is 11.4 Å². The minimum Gasteiger partial charge on any atom is -0.372 e. The van der Waals surface area contributed by atoms with E-state index in [1.54, 1.807) is 4.90 Å². The van der Waals surface area contributed by atoms with E-state index in [2.05, 4.69) is 5.32 Å². The summed E-state index contributed by atoms with van der Waals surface area (Å²) >= 11 is 0. The molecule has 0 radical (unpaired) electrons. The molecule has 0 aromatic heterocycles. The molecule has 1 amide bonds. The number of ether oxygens (including phenoxy) is 1. The summed E-state index contributed by atoms with van der Waals surface area (Å²) in [4.78, 5) is 24.1. The largest absolute Gasteiger partial charge is 0.372 e. The highest BCUT2D eigenvalue weighted by atomic mass is 16.6. The molecule has 0 bridgehead atoms. The van der Waals surface area contributed by atoms with Gasteiger partial charge in [-0.15, -0.1) is 0 Å². The van der Waals surface area contributed by atoms with E-state index in [1.807, 2.05) is 19.9 Å². The Kier molecular flexibility index (Phi) is 5.50. The van der Waals surface area contributed by atoms with E-state index in [1.165, 1.54) is 30.5 Å². The van der Waals surface area contributed by atoms with E-state index in [-0.39, 0.29) is 29.4 Å². The third-order valence-electron chi connectivity index (χ3n) is 3.52. The summed E-state index contributed by atoms with van der Waals surface area (Å²) in [6, 6.07) is 7.59. The van der Waals surface area contributed by atoms with Gasteiger partial charge in [0.05, 0.1) is 17.1 Å². The number of amides is 1. The fourth-order valence-electron chi connectivity index (χ4n) is 2.49. The van der Waals surface area contributed by atoms with Crippen LogP contribution in [-0.2, 0) is 9.53 Å². The number of nitro groups is 1. The van der Waals surface area contributed by atoms with E-state index in [4.69, 9.17) is 4.74 Å². The first kappa shape index (κ1) is 17.4. The number of non-ortho nitro benzene ring substituents is 1. The van der Waals surface area contributed by atoms with Crippen LogP contribution in [0.1, 0.15) is 13.8 Å². The van der Waals surface area contributed by atoms with Gasteiger partial charge in [-0.2, -0.15) is 5.26 Å². The van der Waals surface area contributed by atoms with Crippen molar-refractivity contribution in [1.82, 2.24) is 4.90 Å². The van der Waals surface area contributed by atoms with Crippen molar-refractivity contribution in [3.05, 3.63) is 46.2 Å². The molecule has 126 valence electrons. The number of hydrogen-bond donors (Lipinski definition) is 1. The Morgan fingerprint density at radius 3 is 2.46 bits per heavy atom. The second-order valence-corrected chi connectivity index (χ2v) is 5.59. The number of nitrogens with one attached hydrogen (secondary N) is 1. The lowest BCUT2D eigenvalue weighted by atomic mass is 10.2. The molecule has 2 unspecified atom stereocenters. The predicted octanol–water partition coefficient (Wildman–Crippen LogP) is 2.05. The lowest BCUT2D eigenvalue weighted by molar-refractivity contribution is -0.384. The number of carbonyl (C=O) groups excluding carboxylic acids is 1. The summed E-state index contributed by atoms with van der Waals surface area (Å²) in [6.45, 7) is 4.61. The topological polar surface area (TPSA) is 109 Å². The van der Waals surface area contributed by atoms with Gasteiger partial charge in [0.2, 0.25) is 0 Å². The van der Waals surface area contributed by atoms with Crippen LogP contribution in [0.25, 0.3) is 0 Å². The average molecular weight is 330 g/mol. The molecular weight excluding hydrogens is 312 g/mol. The van der Waals surface area contributed by atoms with Gasteiger partial charge in [0, 0.05) is 37.1 Å². The number of carbonyl (C=O) groups is 1. The summed E-state index contributed by atoms with van der Waals surface area (Å²) in [7, 11) is 0. The fraction of sp³-hybridized carbons (Fsp3) is 0.375. The average Bonchev–Trinajstić information content (AvgIpc) is 2.54. The third-order valence-corrected chi connectivity index (χ3v) is 3.52. The maximum atomic E-state index is 12.4. The van der Waals surface area contributed by atoms with E-state index in [0.29, 0.717) is 18.8 Å². The van der Waals surface area contributed by atoms with E-state index < -0.39 is 4.92 Å². The van der Waals surface area contributed by atoms with Crippen molar-refractivity contribution in [2.24, 2.45) is 0 Å². The van der Waals surface area contributed by atoms with Crippen molar-refractivity contribution < 1.29 is 14.5 Å². The maximum absolute atomic E-state index is 12.4. The first-order valence-electron chi connectivity index (χ1n) is 7.46. The summed E-state index contributed by atoms with van der Waals surface area (Å²) in [5.74, 6) is -0.367. The van der Waals surface area contributed by atoms with Crippen LogP contribution in [0.3, 0.4) is 0 Å². The van der Waals surface area contributed by atoms with Gasteiger partial charge in [-0.3, -0.25) is 14.9 Å². The number of benzene rings is 1. The lowest BCUT2D eigenvalue weighted by Gasteiger charge is -2.35. The number of anilines is 1. The van der Waals surface area contributed by atoms with Crippen LogP contribution in [0.5, 0.6) is 0 Å². The molecule has 1 aliphatic heterocycles. The number of morpholine rings is 1. The molecule has 1 aromatic carbocycles. The zero-order valence-corrected chi connectivity index (χ0v) is 13.4. The van der Waals surface area contributed by atoms with Gasteiger partial charge >= 0.3 is 0 Å². The molecule has 2 rings (SSSR count). The Bertz CT molecular complexity index is 683. The predicted molar refractivity (Wildman–Crippen MR) is 87.0 cm³/mol. The molecule has 8 heteroatoms. The van der Waals surface area contributed by atoms with E-state index >= 15 is 0 Å². The normalized spacial score (nSPS) is 21.0. The molecule has 2 atom stereocenters. The van der Waals surface area contributed by atoms with E-state index in [9.17, 15) is 20.2 Å². The Labute approximate surface area is 139 Å². The Hall–Kier alpha value is -2.92. The number of nitrogens with zero attached hydrogens (tertiary/aromatic N) is 3. The van der Waals surface area contributed by atoms with Crippen molar-refractivity contribution in [1.29, 1.82) is 5.26 Å². The quantitative estimate of drug-likeness (QED) is 0.392. The minimum atomic E-state index is -0.495. The summed E-state index contributed by atoms with van der Waals surface area (Å²) in [6.07, 6.45) is 1.15. The molecule has 8 nitrogen and oxygen atoms in total. The zero-order chi connectivity index (χ0) is 17.7. The van der Waals surface area contributed by atoms with Crippen LogP contribution in [-0.4, -0.2) is 41.0 Å². The first-order valence-corrected chi connectivity index (χ1v) is 7.46. The van der Waals surface area contributed by atoms with Crippen molar-refractivity contribution >= 4 is 17.3 Å². The van der Waals surface area contributed by atoms with Crippen molar-refractivity contribution in [2.45, 2.75) is 26.1 Å². The first-order chi connectivity index (χ1) is 11.4. The van der Waals surface area contributed by atoms with Crippen LogP contribution < -0.4 is 5.32 Å². The van der Waals surface area contributed by atoms with Crippen molar-refractivity contribution in [3.8, 4) is 6.07 Å². The smallest absolute Gasteiger partial charge is 0.269 e. The molecule has 1 fully saturated rings. The molecular formula is C16H18N4O4. The van der Waals surface area contributed by atoms with Crippen LogP contribution >= 0.6 is 0 Å². The lowest BCUT2D eigenvalue weighted by Crippen LogP contribution is -2.48. The highest BCUT2D eigenvalue weighted by Gasteiger charge is 2.27. The molecule has 1 heterocycles. The Morgan fingerprint density at radius 2 is 1.96 bits per heavy atom. The van der Waals surface area contributed by atoms with Gasteiger partial charge in [-0.1, -0.05) is 0 Å². The van der Waals surface area contributed by atoms with Crippen molar-refractivity contribution in [2.75, 3.05) is 18.4 Å². The van der Waals surface area contributed by atoms with Crippen LogP contribution in [0, 0.1) is 21.4 Å². The van der Waals surface area contributed by atoms with Gasteiger partial charge in [0.15, 0.2) is 0 Å². The molecule has 0 saturated carbocycles. The molecule has 1 aromatic rings. The standard InChI is InChI=1S/C16H18N4O4/c1-11-9-19(10-12(2)24-11)16(21)13(7-17)8-18-14-3-5-15(6-4-14)20(22)23/h3-6,8,11-12,18H,9-10H2,1-2H3/b13-8-. The van der Waals surface area contributed by atoms with Crippen LogP contribution in [0.2, 0.25) is 0 Å².